The predicted octanol–water partition coefficient (Wildman–Crippen LogP) is 3.11. The highest BCUT2D eigenvalue weighted by molar-refractivity contribution is 5.93. The van der Waals surface area contributed by atoms with Crippen LogP contribution in [0.4, 0.5) is 0 Å². The number of hydrogen-bond donors (Lipinski definition) is 2. The number of carbonyl (C=O) groups excluding carboxylic acids is 2. The van der Waals surface area contributed by atoms with Crippen molar-refractivity contribution in [3.05, 3.63) is 78.0 Å². The van der Waals surface area contributed by atoms with Crippen LogP contribution in [0.5, 0.6) is 0 Å². The molecule has 1 unspecified atom stereocenters. The Balaban J connectivity index is 1.77. The lowest BCUT2D eigenvalue weighted by Crippen LogP contribution is -2.30. The van der Waals surface area contributed by atoms with Gasteiger partial charge in [0.15, 0.2) is 0 Å². The summed E-state index contributed by atoms with van der Waals surface area (Å²) in [5.41, 5.74) is 2.75. The third-order valence-corrected chi connectivity index (χ3v) is 4.00. The molecule has 0 saturated carbocycles. The fourth-order valence-electron chi connectivity index (χ4n) is 2.62. The molecule has 3 rings (SSSR count). The first-order valence-corrected chi connectivity index (χ1v) is 8.21. The number of carbonyl (C=O) groups is 2. The zero-order valence-corrected chi connectivity index (χ0v) is 14.3. The first-order chi connectivity index (χ1) is 12.7. The highest BCUT2D eigenvalue weighted by atomic mass is 16.5. The molecular weight excluding hydrogens is 330 g/mol. The molecule has 1 aromatic heterocycles. The third kappa shape index (κ3) is 4.16. The summed E-state index contributed by atoms with van der Waals surface area (Å²) in [4.78, 5) is 24.3. The molecule has 1 atom stereocenters. The molecular formula is C20H19N3O3. The molecule has 0 aliphatic heterocycles. The summed E-state index contributed by atoms with van der Waals surface area (Å²) >= 11 is 0. The molecule has 1 heterocycles. The molecule has 3 aromatic rings. The van der Waals surface area contributed by atoms with Gasteiger partial charge in [-0.1, -0.05) is 60.7 Å². The maximum Gasteiger partial charge on any atom is 0.307 e. The maximum atomic E-state index is 12.6. The van der Waals surface area contributed by atoms with Crippen LogP contribution in [0.3, 0.4) is 0 Å². The largest absolute Gasteiger partial charge is 0.469 e. The summed E-state index contributed by atoms with van der Waals surface area (Å²) in [6.45, 7) is 0. The van der Waals surface area contributed by atoms with Crippen LogP contribution in [0.2, 0.25) is 0 Å². The Morgan fingerprint density at radius 1 is 1.08 bits per heavy atom. The molecule has 0 radical (unpaired) electrons. The molecule has 0 bridgehead atoms. The average Bonchev–Trinajstić information content (AvgIpc) is 3.19. The monoisotopic (exact) mass is 349 g/mol. The van der Waals surface area contributed by atoms with Crippen LogP contribution in [0, 0.1) is 0 Å². The lowest BCUT2D eigenvalue weighted by Gasteiger charge is -2.17. The Morgan fingerprint density at radius 3 is 2.38 bits per heavy atom. The van der Waals surface area contributed by atoms with E-state index in [-0.39, 0.29) is 12.3 Å². The van der Waals surface area contributed by atoms with Gasteiger partial charge < -0.3 is 10.1 Å². The van der Waals surface area contributed by atoms with Gasteiger partial charge in [0.2, 0.25) is 0 Å². The number of rotatable bonds is 6. The number of aromatic amines is 1. The van der Waals surface area contributed by atoms with Gasteiger partial charge in [-0.2, -0.15) is 5.10 Å². The van der Waals surface area contributed by atoms with E-state index in [0.717, 1.165) is 11.1 Å². The minimum Gasteiger partial charge on any atom is -0.469 e. The summed E-state index contributed by atoms with van der Waals surface area (Å²) in [6.07, 6.45) is 0.0476. The summed E-state index contributed by atoms with van der Waals surface area (Å²) < 4.78 is 4.74. The summed E-state index contributed by atoms with van der Waals surface area (Å²) in [5, 5.41) is 9.81. The highest BCUT2D eigenvalue weighted by Gasteiger charge is 2.20. The molecule has 6 heteroatoms. The molecule has 6 nitrogen and oxygen atoms in total. The van der Waals surface area contributed by atoms with Crippen molar-refractivity contribution in [2.45, 2.75) is 12.5 Å². The van der Waals surface area contributed by atoms with E-state index in [2.05, 4.69) is 15.5 Å². The van der Waals surface area contributed by atoms with Crippen molar-refractivity contribution >= 4 is 11.9 Å². The van der Waals surface area contributed by atoms with E-state index in [1.807, 2.05) is 60.7 Å². The van der Waals surface area contributed by atoms with Crippen molar-refractivity contribution in [1.82, 2.24) is 15.5 Å². The Hall–Kier alpha value is -3.41. The molecule has 2 aromatic carbocycles. The van der Waals surface area contributed by atoms with Crippen LogP contribution < -0.4 is 5.32 Å². The van der Waals surface area contributed by atoms with Gasteiger partial charge in [-0.15, -0.1) is 0 Å². The van der Waals surface area contributed by atoms with E-state index in [0.29, 0.717) is 11.4 Å². The van der Waals surface area contributed by atoms with E-state index in [1.165, 1.54) is 7.11 Å². The van der Waals surface area contributed by atoms with Gasteiger partial charge >= 0.3 is 5.97 Å². The number of ether oxygens (including phenoxy) is 1. The molecule has 1 amide bonds. The Kier molecular flexibility index (Phi) is 5.43. The average molecular weight is 349 g/mol. The first kappa shape index (κ1) is 17.4. The van der Waals surface area contributed by atoms with Gasteiger partial charge in [-0.3, -0.25) is 14.7 Å². The zero-order valence-electron chi connectivity index (χ0n) is 14.3. The number of H-pyrrole nitrogens is 1. The van der Waals surface area contributed by atoms with Crippen LogP contribution in [-0.4, -0.2) is 29.2 Å². The second-order valence-electron chi connectivity index (χ2n) is 5.75. The van der Waals surface area contributed by atoms with E-state index in [4.69, 9.17) is 4.74 Å². The number of benzene rings is 2. The van der Waals surface area contributed by atoms with Gasteiger partial charge in [0.25, 0.3) is 5.91 Å². The van der Waals surface area contributed by atoms with Crippen LogP contribution in [0.1, 0.15) is 28.5 Å². The second-order valence-corrected chi connectivity index (χ2v) is 5.75. The highest BCUT2D eigenvalue weighted by Crippen LogP contribution is 2.20. The lowest BCUT2D eigenvalue weighted by molar-refractivity contribution is -0.141. The predicted molar refractivity (Wildman–Crippen MR) is 97.3 cm³/mol. The summed E-state index contributed by atoms with van der Waals surface area (Å²) in [6, 6.07) is 20.1. The molecule has 0 saturated heterocycles. The number of esters is 1. The van der Waals surface area contributed by atoms with Crippen LogP contribution in [0.25, 0.3) is 11.3 Å². The van der Waals surface area contributed by atoms with E-state index < -0.39 is 12.0 Å². The van der Waals surface area contributed by atoms with Crippen molar-refractivity contribution < 1.29 is 14.3 Å². The van der Waals surface area contributed by atoms with Crippen molar-refractivity contribution in [1.29, 1.82) is 0 Å². The van der Waals surface area contributed by atoms with Crippen LogP contribution >= 0.6 is 0 Å². The van der Waals surface area contributed by atoms with Gasteiger partial charge in [0, 0.05) is 5.56 Å². The molecule has 2 N–H and O–H groups in total. The van der Waals surface area contributed by atoms with Gasteiger partial charge in [-0.05, 0) is 11.6 Å². The summed E-state index contributed by atoms with van der Waals surface area (Å²) in [7, 11) is 1.33. The number of hydrogen-bond acceptors (Lipinski definition) is 4. The van der Waals surface area contributed by atoms with Crippen LogP contribution in [0.15, 0.2) is 66.7 Å². The van der Waals surface area contributed by atoms with Crippen LogP contribution in [-0.2, 0) is 9.53 Å². The minimum absolute atomic E-state index is 0.0476. The van der Waals surface area contributed by atoms with Gasteiger partial charge in [-0.25, -0.2) is 0 Å². The lowest BCUT2D eigenvalue weighted by atomic mass is 10.0. The number of methoxy groups -OCH3 is 1. The van der Waals surface area contributed by atoms with E-state index in [1.54, 1.807) is 6.07 Å². The number of nitrogens with zero attached hydrogens (tertiary/aromatic N) is 1. The van der Waals surface area contributed by atoms with Crippen molar-refractivity contribution in [3.8, 4) is 11.3 Å². The van der Waals surface area contributed by atoms with E-state index in [9.17, 15) is 9.59 Å². The Labute approximate surface area is 151 Å². The summed E-state index contributed by atoms with van der Waals surface area (Å²) in [5.74, 6) is -0.730. The minimum atomic E-state index is -0.486. The normalized spacial score (nSPS) is 11.6. The fourth-order valence-corrected chi connectivity index (χ4v) is 2.62. The zero-order chi connectivity index (χ0) is 18.4. The quantitative estimate of drug-likeness (QED) is 0.670. The molecule has 0 spiro atoms. The standard InChI is InChI=1S/C20H19N3O3/c1-26-19(24)13-16(14-8-4-2-5-9-14)21-20(25)18-12-17(22-23-18)15-10-6-3-7-11-15/h2-12,16H,13H2,1H3,(H,21,25)(H,22,23). The molecule has 0 aliphatic carbocycles. The SMILES string of the molecule is COC(=O)CC(NC(=O)c1cc(-c2ccccc2)n[nH]1)c1ccccc1. The van der Waals surface area contributed by atoms with Gasteiger partial charge in [0.1, 0.15) is 5.69 Å². The van der Waals surface area contributed by atoms with Gasteiger partial charge in [0.05, 0.1) is 25.3 Å². The molecule has 0 aliphatic rings. The van der Waals surface area contributed by atoms with E-state index >= 15 is 0 Å². The smallest absolute Gasteiger partial charge is 0.307 e. The number of nitrogens with one attached hydrogen (secondary N) is 2. The Bertz CT molecular complexity index is 876. The van der Waals surface area contributed by atoms with Crippen molar-refractivity contribution in [3.63, 3.8) is 0 Å². The number of amides is 1. The topological polar surface area (TPSA) is 84.1 Å². The van der Waals surface area contributed by atoms with Crippen molar-refractivity contribution in [2.75, 3.05) is 7.11 Å². The fraction of sp³-hybridized carbons (Fsp3) is 0.150. The first-order valence-electron chi connectivity index (χ1n) is 8.21. The second kappa shape index (κ2) is 8.11. The number of aromatic nitrogens is 2. The molecule has 26 heavy (non-hydrogen) atoms. The molecule has 132 valence electrons. The molecule has 0 fully saturated rings. The Morgan fingerprint density at radius 2 is 1.73 bits per heavy atom. The maximum absolute atomic E-state index is 12.6. The third-order valence-electron chi connectivity index (χ3n) is 4.00. The van der Waals surface area contributed by atoms with Crippen molar-refractivity contribution in [2.24, 2.45) is 0 Å².